The third kappa shape index (κ3) is 5.25. The van der Waals surface area contributed by atoms with Crippen LogP contribution in [0, 0.1) is 0 Å². The summed E-state index contributed by atoms with van der Waals surface area (Å²) in [7, 11) is 1.91. The van der Waals surface area contributed by atoms with Gasteiger partial charge in [0.2, 0.25) is 0 Å². The van der Waals surface area contributed by atoms with Crippen molar-refractivity contribution in [3.05, 3.63) is 60.5 Å². The van der Waals surface area contributed by atoms with Gasteiger partial charge in [0.15, 0.2) is 0 Å². The molecule has 0 amide bonds. The van der Waals surface area contributed by atoms with E-state index in [2.05, 4.69) is 35.9 Å². The lowest BCUT2D eigenvalue weighted by molar-refractivity contribution is 0.973. The Balaban J connectivity index is 4.96. The molecule has 0 aromatic rings. The molecule has 0 saturated heterocycles. The van der Waals surface area contributed by atoms with Crippen LogP contribution in [0.25, 0.3) is 0 Å². The highest BCUT2D eigenvalue weighted by molar-refractivity contribution is 5.46. The van der Waals surface area contributed by atoms with Crippen LogP contribution in [0.3, 0.4) is 0 Å². The average molecular weight is 218 g/mol. The van der Waals surface area contributed by atoms with Gasteiger partial charge in [-0.25, -0.2) is 0 Å². The van der Waals surface area contributed by atoms with Gasteiger partial charge in [0, 0.05) is 19.3 Å². The minimum absolute atomic E-state index is 0.761. The van der Waals surface area contributed by atoms with Gasteiger partial charge in [-0.2, -0.15) is 0 Å². The Morgan fingerprint density at radius 1 is 1.25 bits per heavy atom. The number of nitrogens with one attached hydrogen (secondary N) is 2. The molecule has 0 aromatic heterocycles. The monoisotopic (exact) mass is 218 g/mol. The van der Waals surface area contributed by atoms with Gasteiger partial charge in [0.1, 0.15) is 0 Å². The predicted molar refractivity (Wildman–Crippen MR) is 73.1 cm³/mol. The van der Waals surface area contributed by atoms with E-state index in [1.807, 2.05) is 33.0 Å². The molecule has 0 atom stereocenters. The fourth-order valence-electron chi connectivity index (χ4n) is 1.22. The molecule has 0 spiro atoms. The summed E-state index contributed by atoms with van der Waals surface area (Å²) in [6.45, 7) is 12.2. The fraction of sp³-hybridized carbons (Fsp3) is 0.286. The first kappa shape index (κ1) is 14.3. The van der Waals surface area contributed by atoms with Crippen LogP contribution in [0.2, 0.25) is 0 Å². The van der Waals surface area contributed by atoms with Crippen molar-refractivity contribution in [2.45, 2.75) is 13.8 Å². The SMILES string of the molecule is C=CNC/C=C(/C=C(\C)NC)C(\C=C)=C/C. The smallest absolute Gasteiger partial charge is 0.0334 e. The molecular weight excluding hydrogens is 196 g/mol. The Morgan fingerprint density at radius 2 is 1.94 bits per heavy atom. The van der Waals surface area contributed by atoms with Gasteiger partial charge in [-0.3, -0.25) is 0 Å². The van der Waals surface area contributed by atoms with Crippen LogP contribution in [0.5, 0.6) is 0 Å². The van der Waals surface area contributed by atoms with Gasteiger partial charge in [-0.1, -0.05) is 31.4 Å². The lowest BCUT2D eigenvalue weighted by Gasteiger charge is -2.06. The summed E-state index contributed by atoms with van der Waals surface area (Å²) in [5, 5.41) is 6.16. The van der Waals surface area contributed by atoms with Crippen molar-refractivity contribution in [2.75, 3.05) is 13.6 Å². The van der Waals surface area contributed by atoms with E-state index in [-0.39, 0.29) is 0 Å². The minimum atomic E-state index is 0.761. The third-order valence-electron chi connectivity index (χ3n) is 2.21. The largest absolute Gasteiger partial charge is 0.392 e. The molecular formula is C14H22N2. The standard InChI is InChI=1S/C14H22N2/c1-6-13(7-2)14(9-10-16-8-3)11-12(4)15-5/h6-9,11,15-16H,1,3,10H2,2,4-5H3/b12-11+,13-7-,14-9-. The molecule has 0 unspecified atom stereocenters. The van der Waals surface area contributed by atoms with E-state index in [0.29, 0.717) is 0 Å². The van der Waals surface area contributed by atoms with Gasteiger partial charge in [0.05, 0.1) is 0 Å². The molecule has 88 valence electrons. The van der Waals surface area contributed by atoms with Crippen LogP contribution >= 0.6 is 0 Å². The third-order valence-corrected chi connectivity index (χ3v) is 2.21. The number of allylic oxidation sites excluding steroid dienone is 6. The molecule has 2 nitrogen and oxygen atoms in total. The van der Waals surface area contributed by atoms with Crippen LogP contribution in [0.15, 0.2) is 60.5 Å². The lowest BCUT2D eigenvalue weighted by atomic mass is 10.0. The summed E-state index contributed by atoms with van der Waals surface area (Å²) in [5.41, 5.74) is 3.39. The maximum atomic E-state index is 3.81. The van der Waals surface area contributed by atoms with Gasteiger partial charge >= 0.3 is 0 Å². The highest BCUT2D eigenvalue weighted by atomic mass is 14.8. The second-order valence-corrected chi connectivity index (χ2v) is 3.30. The molecule has 16 heavy (non-hydrogen) atoms. The molecule has 0 aliphatic heterocycles. The highest BCUT2D eigenvalue weighted by Crippen LogP contribution is 2.13. The molecule has 2 heteroatoms. The van der Waals surface area contributed by atoms with Crippen molar-refractivity contribution in [3.8, 4) is 0 Å². The average Bonchev–Trinajstić information content (AvgIpc) is 2.30. The minimum Gasteiger partial charge on any atom is -0.392 e. The maximum absolute atomic E-state index is 3.81. The van der Waals surface area contributed by atoms with Crippen LogP contribution in [-0.4, -0.2) is 13.6 Å². The van der Waals surface area contributed by atoms with Crippen LogP contribution in [0.4, 0.5) is 0 Å². The van der Waals surface area contributed by atoms with Gasteiger partial charge in [-0.15, -0.1) is 0 Å². The summed E-state index contributed by atoms with van der Waals surface area (Å²) in [4.78, 5) is 0. The van der Waals surface area contributed by atoms with Crippen LogP contribution in [0.1, 0.15) is 13.8 Å². The Labute approximate surface area is 99.1 Å². The Kier molecular flexibility index (Phi) is 7.68. The summed E-state index contributed by atoms with van der Waals surface area (Å²) >= 11 is 0. The maximum Gasteiger partial charge on any atom is 0.0334 e. The normalized spacial score (nSPS) is 13.3. The number of hydrogen-bond donors (Lipinski definition) is 2. The second-order valence-electron chi connectivity index (χ2n) is 3.30. The molecule has 0 aliphatic rings. The molecule has 0 aliphatic carbocycles. The Hall–Kier alpha value is -1.70. The molecule has 0 saturated carbocycles. The first-order valence-corrected chi connectivity index (χ1v) is 5.39. The zero-order valence-electron chi connectivity index (χ0n) is 10.5. The first-order chi connectivity index (χ1) is 7.69. The van der Waals surface area contributed by atoms with Gasteiger partial charge in [0.25, 0.3) is 0 Å². The molecule has 2 N–H and O–H groups in total. The van der Waals surface area contributed by atoms with E-state index in [1.54, 1.807) is 6.20 Å². The summed E-state index contributed by atoms with van der Waals surface area (Å²) in [5.74, 6) is 0. The Morgan fingerprint density at radius 3 is 2.38 bits per heavy atom. The van der Waals surface area contributed by atoms with Crippen molar-refractivity contribution in [3.63, 3.8) is 0 Å². The van der Waals surface area contributed by atoms with Crippen molar-refractivity contribution < 1.29 is 0 Å². The van der Waals surface area contributed by atoms with E-state index >= 15 is 0 Å². The zero-order chi connectivity index (χ0) is 12.4. The fourth-order valence-corrected chi connectivity index (χ4v) is 1.22. The highest BCUT2D eigenvalue weighted by Gasteiger charge is 1.97. The van der Waals surface area contributed by atoms with E-state index in [9.17, 15) is 0 Å². The molecule has 0 rings (SSSR count). The first-order valence-electron chi connectivity index (χ1n) is 5.39. The van der Waals surface area contributed by atoms with Gasteiger partial charge < -0.3 is 10.6 Å². The molecule has 0 heterocycles. The van der Waals surface area contributed by atoms with Crippen LogP contribution in [-0.2, 0) is 0 Å². The van der Waals surface area contributed by atoms with Crippen LogP contribution < -0.4 is 10.6 Å². The number of rotatable bonds is 7. The number of hydrogen-bond acceptors (Lipinski definition) is 2. The van der Waals surface area contributed by atoms with E-state index in [0.717, 1.165) is 23.4 Å². The van der Waals surface area contributed by atoms with Crippen molar-refractivity contribution in [2.24, 2.45) is 0 Å². The molecule has 0 aromatic carbocycles. The van der Waals surface area contributed by atoms with Crippen molar-refractivity contribution in [1.29, 1.82) is 0 Å². The second kappa shape index (κ2) is 8.60. The topological polar surface area (TPSA) is 24.1 Å². The summed E-state index contributed by atoms with van der Waals surface area (Å²) in [6, 6.07) is 0. The van der Waals surface area contributed by atoms with E-state index in [1.165, 1.54) is 0 Å². The zero-order valence-corrected chi connectivity index (χ0v) is 10.5. The van der Waals surface area contributed by atoms with Crippen molar-refractivity contribution in [1.82, 2.24) is 10.6 Å². The van der Waals surface area contributed by atoms with E-state index in [4.69, 9.17) is 0 Å². The predicted octanol–water partition coefficient (Wildman–Crippen LogP) is 2.90. The van der Waals surface area contributed by atoms with Gasteiger partial charge in [-0.05, 0) is 37.3 Å². The molecule has 0 fully saturated rings. The molecule has 0 radical (unpaired) electrons. The molecule has 0 bridgehead atoms. The van der Waals surface area contributed by atoms with E-state index < -0.39 is 0 Å². The summed E-state index contributed by atoms with van der Waals surface area (Å²) < 4.78 is 0. The summed E-state index contributed by atoms with van der Waals surface area (Å²) in [6.07, 6.45) is 9.80. The van der Waals surface area contributed by atoms with Crippen molar-refractivity contribution >= 4 is 0 Å². The lowest BCUT2D eigenvalue weighted by Crippen LogP contribution is -2.06. The Bertz CT molecular complexity index is 320. The quantitative estimate of drug-likeness (QED) is 0.507.